The summed E-state index contributed by atoms with van der Waals surface area (Å²) in [5.41, 5.74) is -0.290. The fourth-order valence-corrected chi connectivity index (χ4v) is 1.99. The van der Waals surface area contributed by atoms with Crippen molar-refractivity contribution in [3.05, 3.63) is 35.9 Å². The maximum atomic E-state index is 12.0. The average Bonchev–Trinajstić information content (AvgIpc) is 2.46. The number of ether oxygens (including phenoxy) is 3. The number of aliphatic hydroxyl groups excluding tert-OH is 1. The molecular formula is C18H29NO5. The van der Waals surface area contributed by atoms with E-state index < -0.39 is 17.2 Å². The molecule has 0 unspecified atom stereocenters. The normalized spacial score (nSPS) is 14.0. The number of hydrogen-bond acceptors (Lipinski definition) is 5. The van der Waals surface area contributed by atoms with E-state index in [1.165, 1.54) is 0 Å². The Morgan fingerprint density at radius 3 is 2.29 bits per heavy atom. The smallest absolute Gasteiger partial charge is 0.408 e. The summed E-state index contributed by atoms with van der Waals surface area (Å²) in [4.78, 5) is 12.0. The van der Waals surface area contributed by atoms with E-state index in [1.54, 1.807) is 20.8 Å². The Hall–Kier alpha value is -1.63. The number of nitrogens with one attached hydrogen (secondary N) is 1. The van der Waals surface area contributed by atoms with Crippen molar-refractivity contribution in [2.24, 2.45) is 0 Å². The summed E-state index contributed by atoms with van der Waals surface area (Å²) in [6.07, 6.45) is -0.527. The second-order valence-electron chi connectivity index (χ2n) is 6.94. The lowest BCUT2D eigenvalue weighted by Crippen LogP contribution is -2.54. The number of benzene rings is 1. The second kappa shape index (κ2) is 9.61. The van der Waals surface area contributed by atoms with Crippen LogP contribution in [0.2, 0.25) is 0 Å². The van der Waals surface area contributed by atoms with Crippen LogP contribution in [0.5, 0.6) is 0 Å². The molecule has 2 N–H and O–H groups in total. The first-order chi connectivity index (χ1) is 11.2. The summed E-state index contributed by atoms with van der Waals surface area (Å²) in [6, 6.07) is 9.78. The van der Waals surface area contributed by atoms with Gasteiger partial charge in [0.1, 0.15) is 5.60 Å². The first-order valence-corrected chi connectivity index (χ1v) is 8.05. The zero-order chi connectivity index (χ0) is 18.1. The van der Waals surface area contributed by atoms with Gasteiger partial charge in [-0.05, 0) is 33.3 Å². The van der Waals surface area contributed by atoms with Crippen molar-refractivity contribution in [1.82, 2.24) is 5.32 Å². The Morgan fingerprint density at radius 1 is 1.08 bits per heavy atom. The molecule has 1 amide bonds. The summed E-state index contributed by atoms with van der Waals surface area (Å²) in [7, 11) is 0. The highest BCUT2D eigenvalue weighted by molar-refractivity contribution is 5.68. The lowest BCUT2D eigenvalue weighted by atomic mass is 10.1. The van der Waals surface area contributed by atoms with E-state index in [0.29, 0.717) is 6.61 Å². The van der Waals surface area contributed by atoms with E-state index in [1.807, 2.05) is 37.3 Å². The Morgan fingerprint density at radius 2 is 1.71 bits per heavy atom. The molecule has 0 fully saturated rings. The van der Waals surface area contributed by atoms with Crippen LogP contribution in [0.3, 0.4) is 0 Å². The molecule has 6 nitrogen and oxygen atoms in total. The molecule has 0 aliphatic carbocycles. The summed E-state index contributed by atoms with van der Waals surface area (Å²) in [6.45, 7) is 8.26. The molecule has 0 aliphatic rings. The number of aliphatic hydroxyl groups is 1. The number of amides is 1. The van der Waals surface area contributed by atoms with Crippen LogP contribution in [0.4, 0.5) is 4.79 Å². The van der Waals surface area contributed by atoms with Crippen molar-refractivity contribution in [2.75, 3.05) is 26.4 Å². The summed E-state index contributed by atoms with van der Waals surface area (Å²) >= 11 is 0. The zero-order valence-corrected chi connectivity index (χ0v) is 15.0. The van der Waals surface area contributed by atoms with Gasteiger partial charge in [0.25, 0.3) is 0 Å². The molecule has 0 aromatic heterocycles. The second-order valence-corrected chi connectivity index (χ2v) is 6.94. The first kappa shape index (κ1) is 20.4. The highest BCUT2D eigenvalue weighted by Crippen LogP contribution is 2.12. The predicted octanol–water partition coefficient (Wildman–Crippen LogP) is 2.50. The first-order valence-electron chi connectivity index (χ1n) is 8.05. The van der Waals surface area contributed by atoms with Gasteiger partial charge in [-0.25, -0.2) is 4.79 Å². The van der Waals surface area contributed by atoms with Gasteiger partial charge in [-0.3, -0.25) is 0 Å². The van der Waals surface area contributed by atoms with Gasteiger partial charge in [0, 0.05) is 0 Å². The number of rotatable bonds is 9. The Kier molecular flexibility index (Phi) is 8.18. The summed E-state index contributed by atoms with van der Waals surface area (Å²) < 4.78 is 16.4. The highest BCUT2D eigenvalue weighted by atomic mass is 16.6. The highest BCUT2D eigenvalue weighted by Gasteiger charge is 2.30. The van der Waals surface area contributed by atoms with Crippen molar-refractivity contribution in [3.63, 3.8) is 0 Å². The van der Waals surface area contributed by atoms with Crippen LogP contribution in [0.15, 0.2) is 30.3 Å². The zero-order valence-electron chi connectivity index (χ0n) is 15.0. The number of carbonyl (C=O) groups is 1. The number of alkyl carbamates (subject to hydrolysis) is 1. The van der Waals surface area contributed by atoms with E-state index in [0.717, 1.165) is 5.56 Å². The Balaban J connectivity index is 2.58. The van der Waals surface area contributed by atoms with Crippen molar-refractivity contribution >= 4 is 6.09 Å². The Labute approximate surface area is 144 Å². The molecule has 0 saturated carbocycles. The number of carbonyl (C=O) groups excluding carboxylic acids is 1. The van der Waals surface area contributed by atoms with E-state index >= 15 is 0 Å². The van der Waals surface area contributed by atoms with Crippen LogP contribution in [-0.4, -0.2) is 48.8 Å². The molecule has 0 saturated heterocycles. The summed E-state index contributed by atoms with van der Waals surface area (Å²) in [5.74, 6) is 0. The molecule has 0 aliphatic heterocycles. The van der Waals surface area contributed by atoms with E-state index in [2.05, 4.69) is 5.32 Å². The van der Waals surface area contributed by atoms with E-state index in [-0.39, 0.29) is 26.4 Å². The molecule has 0 heterocycles. The third-order valence-corrected chi connectivity index (χ3v) is 2.99. The molecule has 1 rings (SSSR count). The molecule has 0 radical (unpaired) electrons. The topological polar surface area (TPSA) is 77.0 Å². The molecule has 24 heavy (non-hydrogen) atoms. The van der Waals surface area contributed by atoms with Gasteiger partial charge < -0.3 is 24.6 Å². The molecule has 6 heteroatoms. The minimum Gasteiger partial charge on any atom is -0.444 e. The average molecular weight is 339 g/mol. The van der Waals surface area contributed by atoms with Gasteiger partial charge in [0.2, 0.25) is 0 Å². The molecule has 136 valence electrons. The molecule has 0 spiro atoms. The molecular weight excluding hydrogens is 310 g/mol. The van der Waals surface area contributed by atoms with Crippen molar-refractivity contribution in [2.45, 2.75) is 45.4 Å². The number of hydrogen-bond donors (Lipinski definition) is 2. The van der Waals surface area contributed by atoms with Gasteiger partial charge in [-0.15, -0.1) is 0 Å². The fourth-order valence-electron chi connectivity index (χ4n) is 1.99. The van der Waals surface area contributed by atoms with Gasteiger partial charge in [0.15, 0.2) is 0 Å². The maximum absolute atomic E-state index is 12.0. The minimum atomic E-state index is -0.758. The van der Waals surface area contributed by atoms with Crippen molar-refractivity contribution in [1.29, 1.82) is 0 Å². The van der Waals surface area contributed by atoms with Gasteiger partial charge in [-0.2, -0.15) is 0 Å². The maximum Gasteiger partial charge on any atom is 0.408 e. The van der Waals surface area contributed by atoms with Gasteiger partial charge in [0.05, 0.1) is 38.6 Å². The largest absolute Gasteiger partial charge is 0.444 e. The van der Waals surface area contributed by atoms with Crippen LogP contribution >= 0.6 is 0 Å². The summed E-state index contributed by atoms with van der Waals surface area (Å²) in [5, 5.41) is 11.7. The van der Waals surface area contributed by atoms with Crippen LogP contribution in [-0.2, 0) is 20.8 Å². The lowest BCUT2D eigenvalue weighted by molar-refractivity contribution is -0.0101. The van der Waals surface area contributed by atoms with Gasteiger partial charge in [-0.1, -0.05) is 30.3 Å². The third kappa shape index (κ3) is 8.86. The van der Waals surface area contributed by atoms with E-state index in [4.69, 9.17) is 19.3 Å². The molecule has 1 atom stereocenters. The lowest BCUT2D eigenvalue weighted by Gasteiger charge is -2.31. The van der Waals surface area contributed by atoms with Crippen LogP contribution in [0.1, 0.15) is 33.3 Å². The van der Waals surface area contributed by atoms with Crippen molar-refractivity contribution < 1.29 is 24.1 Å². The SMILES string of the molecule is CC(C)(C)OC(=O)N[C@@](C)(COCCO)COCc1ccccc1. The standard InChI is InChI=1S/C18H29NO5/c1-17(2,3)24-16(21)19-18(4,13-22-11-10-20)14-23-12-15-8-6-5-7-9-15/h5-9,20H,10-14H2,1-4H3,(H,19,21)/t18-/m0/s1. The Bertz CT molecular complexity index is 486. The third-order valence-electron chi connectivity index (χ3n) is 2.99. The fraction of sp³-hybridized carbons (Fsp3) is 0.611. The molecule has 1 aromatic carbocycles. The molecule has 0 bridgehead atoms. The van der Waals surface area contributed by atoms with Crippen LogP contribution in [0, 0.1) is 0 Å². The van der Waals surface area contributed by atoms with Crippen LogP contribution in [0.25, 0.3) is 0 Å². The quantitative estimate of drug-likeness (QED) is 0.676. The monoisotopic (exact) mass is 339 g/mol. The van der Waals surface area contributed by atoms with E-state index in [9.17, 15) is 4.79 Å². The van der Waals surface area contributed by atoms with Gasteiger partial charge >= 0.3 is 6.09 Å². The van der Waals surface area contributed by atoms with Crippen LogP contribution < -0.4 is 5.32 Å². The predicted molar refractivity (Wildman–Crippen MR) is 91.8 cm³/mol. The minimum absolute atomic E-state index is 0.0760. The van der Waals surface area contributed by atoms with Crippen molar-refractivity contribution in [3.8, 4) is 0 Å². The molecule has 1 aromatic rings.